The predicted octanol–water partition coefficient (Wildman–Crippen LogP) is 2.05. The first-order chi connectivity index (χ1) is 9.97. The molecule has 0 atom stereocenters. The summed E-state index contributed by atoms with van der Waals surface area (Å²) in [6.07, 6.45) is -3.64. The first-order valence-electron chi connectivity index (χ1n) is 6.65. The lowest BCUT2D eigenvalue weighted by molar-refractivity contribution is -0.137. The van der Waals surface area contributed by atoms with Crippen molar-refractivity contribution in [2.75, 3.05) is 26.2 Å². The van der Waals surface area contributed by atoms with Gasteiger partial charge in [-0.2, -0.15) is 13.2 Å². The fourth-order valence-corrected chi connectivity index (χ4v) is 1.45. The van der Waals surface area contributed by atoms with Gasteiger partial charge in [-0.15, -0.1) is 0 Å². The Hall–Kier alpha value is -1.99. The normalized spacial score (nSPS) is 10.9. The molecular formula is C13H19F3N4O. The lowest BCUT2D eigenvalue weighted by Crippen LogP contribution is -2.37. The highest BCUT2D eigenvalue weighted by molar-refractivity contribution is 5.79. The Morgan fingerprint density at radius 2 is 1.90 bits per heavy atom. The van der Waals surface area contributed by atoms with Crippen molar-refractivity contribution < 1.29 is 17.9 Å². The topological polar surface area (TPSA) is 58.5 Å². The number of aliphatic imine (C=N–C) groups is 1. The first kappa shape index (κ1) is 17.1. The molecule has 0 unspecified atom stereocenters. The van der Waals surface area contributed by atoms with Gasteiger partial charge in [0.15, 0.2) is 5.96 Å². The third kappa shape index (κ3) is 6.33. The summed E-state index contributed by atoms with van der Waals surface area (Å²) in [7, 11) is 0. The lowest BCUT2D eigenvalue weighted by Gasteiger charge is -2.10. The van der Waals surface area contributed by atoms with Crippen LogP contribution in [0.5, 0.6) is 5.88 Å². The van der Waals surface area contributed by atoms with E-state index in [1.165, 1.54) is 6.07 Å². The Balaban J connectivity index is 2.43. The zero-order chi connectivity index (χ0) is 15.7. The van der Waals surface area contributed by atoms with Crippen molar-refractivity contribution in [3.63, 3.8) is 0 Å². The summed E-state index contributed by atoms with van der Waals surface area (Å²) < 4.78 is 42.3. The van der Waals surface area contributed by atoms with Crippen LogP contribution in [-0.4, -0.2) is 37.2 Å². The number of aromatic nitrogens is 1. The minimum atomic E-state index is -4.39. The number of hydrogen-bond donors (Lipinski definition) is 2. The second-order valence-corrected chi connectivity index (χ2v) is 4.02. The number of nitrogens with one attached hydrogen (secondary N) is 2. The van der Waals surface area contributed by atoms with Gasteiger partial charge in [0.1, 0.15) is 6.61 Å². The van der Waals surface area contributed by atoms with Crippen molar-refractivity contribution >= 4 is 5.96 Å². The summed E-state index contributed by atoms with van der Waals surface area (Å²) in [6.45, 7) is 6.00. The number of alkyl halides is 3. The van der Waals surface area contributed by atoms with Crippen LogP contribution >= 0.6 is 0 Å². The van der Waals surface area contributed by atoms with Crippen molar-refractivity contribution in [2.45, 2.75) is 20.0 Å². The Morgan fingerprint density at radius 1 is 1.24 bits per heavy atom. The molecule has 8 heteroatoms. The van der Waals surface area contributed by atoms with Crippen molar-refractivity contribution in [3.8, 4) is 5.88 Å². The molecule has 0 saturated carbocycles. The summed E-state index contributed by atoms with van der Waals surface area (Å²) in [5, 5.41) is 6.10. The van der Waals surface area contributed by atoms with E-state index in [1.54, 1.807) is 0 Å². The van der Waals surface area contributed by atoms with E-state index in [2.05, 4.69) is 20.6 Å². The molecule has 0 amide bonds. The minimum Gasteiger partial charge on any atom is -0.476 e. The molecule has 0 aromatic carbocycles. The number of hydrogen-bond acceptors (Lipinski definition) is 3. The molecule has 1 aromatic heterocycles. The number of ether oxygens (including phenoxy) is 1. The maximum Gasteiger partial charge on any atom is 0.417 e. The van der Waals surface area contributed by atoms with Crippen LogP contribution < -0.4 is 15.4 Å². The van der Waals surface area contributed by atoms with Crippen LogP contribution in [0.4, 0.5) is 13.2 Å². The van der Waals surface area contributed by atoms with Crippen LogP contribution in [-0.2, 0) is 6.18 Å². The van der Waals surface area contributed by atoms with Crippen LogP contribution in [0.25, 0.3) is 0 Å². The van der Waals surface area contributed by atoms with E-state index in [1.807, 2.05) is 13.8 Å². The molecule has 0 aliphatic rings. The third-order valence-corrected chi connectivity index (χ3v) is 2.36. The fourth-order valence-electron chi connectivity index (χ4n) is 1.45. The van der Waals surface area contributed by atoms with Crippen LogP contribution in [0, 0.1) is 0 Å². The molecule has 5 nitrogen and oxygen atoms in total. The molecule has 0 aliphatic heterocycles. The van der Waals surface area contributed by atoms with Crippen molar-refractivity contribution in [1.82, 2.24) is 15.6 Å². The van der Waals surface area contributed by atoms with Crippen LogP contribution in [0.3, 0.4) is 0 Å². The largest absolute Gasteiger partial charge is 0.476 e. The van der Waals surface area contributed by atoms with Gasteiger partial charge in [-0.1, -0.05) is 0 Å². The summed E-state index contributed by atoms with van der Waals surface area (Å²) in [6, 6.07) is 2.14. The molecule has 0 radical (unpaired) electrons. The molecule has 1 heterocycles. The molecular weight excluding hydrogens is 285 g/mol. The van der Waals surface area contributed by atoms with E-state index < -0.39 is 11.7 Å². The number of guanidine groups is 1. The molecule has 21 heavy (non-hydrogen) atoms. The zero-order valence-electron chi connectivity index (χ0n) is 12.0. The van der Waals surface area contributed by atoms with E-state index in [9.17, 15) is 13.2 Å². The monoisotopic (exact) mass is 304 g/mol. The van der Waals surface area contributed by atoms with Crippen LogP contribution in [0.1, 0.15) is 19.4 Å². The van der Waals surface area contributed by atoms with Crippen molar-refractivity contribution in [3.05, 3.63) is 23.9 Å². The maximum absolute atomic E-state index is 12.3. The van der Waals surface area contributed by atoms with E-state index in [0.29, 0.717) is 12.5 Å². The summed E-state index contributed by atoms with van der Waals surface area (Å²) in [4.78, 5) is 7.85. The summed E-state index contributed by atoms with van der Waals surface area (Å²) in [5.74, 6) is 0.815. The van der Waals surface area contributed by atoms with E-state index in [4.69, 9.17) is 4.74 Å². The average Bonchev–Trinajstić information content (AvgIpc) is 2.43. The minimum absolute atomic E-state index is 0.145. The molecule has 2 N–H and O–H groups in total. The zero-order valence-corrected chi connectivity index (χ0v) is 12.0. The van der Waals surface area contributed by atoms with Gasteiger partial charge in [0, 0.05) is 25.4 Å². The second kappa shape index (κ2) is 8.33. The summed E-state index contributed by atoms with van der Waals surface area (Å²) >= 11 is 0. The molecule has 0 aliphatic carbocycles. The first-order valence-corrected chi connectivity index (χ1v) is 6.65. The van der Waals surface area contributed by atoms with Crippen LogP contribution in [0.2, 0.25) is 0 Å². The van der Waals surface area contributed by atoms with Crippen LogP contribution in [0.15, 0.2) is 23.3 Å². The SMILES string of the molecule is CCNC(=NCCOc1ccc(C(F)(F)F)cn1)NCC. The summed E-state index contributed by atoms with van der Waals surface area (Å²) in [5.41, 5.74) is -0.797. The fraction of sp³-hybridized carbons (Fsp3) is 0.538. The number of rotatable bonds is 6. The molecule has 0 fully saturated rings. The Labute approximate surface area is 121 Å². The standard InChI is InChI=1S/C13H19F3N4O/c1-3-17-12(18-4-2)19-7-8-21-11-6-5-10(9-20-11)13(14,15)16/h5-6,9H,3-4,7-8H2,1-2H3,(H2,17,18,19). The third-order valence-electron chi connectivity index (χ3n) is 2.36. The van der Waals surface area contributed by atoms with Gasteiger partial charge < -0.3 is 15.4 Å². The quantitative estimate of drug-likeness (QED) is 0.480. The Bertz CT molecular complexity index is 438. The molecule has 0 saturated heterocycles. The molecule has 1 rings (SSSR count). The smallest absolute Gasteiger partial charge is 0.417 e. The highest BCUT2D eigenvalue weighted by atomic mass is 19.4. The molecule has 0 bridgehead atoms. The molecule has 118 valence electrons. The number of halogens is 3. The van der Waals surface area contributed by atoms with Crippen molar-refractivity contribution in [1.29, 1.82) is 0 Å². The van der Waals surface area contributed by atoms with E-state index in [-0.39, 0.29) is 12.5 Å². The highest BCUT2D eigenvalue weighted by Gasteiger charge is 2.30. The number of nitrogens with zero attached hydrogens (tertiary/aromatic N) is 2. The Kier molecular flexibility index (Phi) is 6.77. The van der Waals surface area contributed by atoms with Gasteiger partial charge in [0.05, 0.1) is 12.1 Å². The highest BCUT2D eigenvalue weighted by Crippen LogP contribution is 2.29. The Morgan fingerprint density at radius 3 is 2.38 bits per heavy atom. The van der Waals surface area contributed by atoms with Gasteiger partial charge in [0.2, 0.25) is 5.88 Å². The van der Waals surface area contributed by atoms with Gasteiger partial charge in [-0.25, -0.2) is 9.98 Å². The molecule has 1 aromatic rings. The van der Waals surface area contributed by atoms with Gasteiger partial charge in [0.25, 0.3) is 0 Å². The van der Waals surface area contributed by atoms with E-state index in [0.717, 1.165) is 25.4 Å². The number of pyridine rings is 1. The van der Waals surface area contributed by atoms with Gasteiger partial charge >= 0.3 is 6.18 Å². The van der Waals surface area contributed by atoms with E-state index >= 15 is 0 Å². The lowest BCUT2D eigenvalue weighted by atomic mass is 10.3. The average molecular weight is 304 g/mol. The van der Waals surface area contributed by atoms with Gasteiger partial charge in [-0.05, 0) is 19.9 Å². The van der Waals surface area contributed by atoms with Crippen molar-refractivity contribution in [2.24, 2.45) is 4.99 Å². The molecule has 0 spiro atoms. The second-order valence-electron chi connectivity index (χ2n) is 4.02. The van der Waals surface area contributed by atoms with Gasteiger partial charge in [-0.3, -0.25) is 0 Å². The maximum atomic E-state index is 12.3. The predicted molar refractivity (Wildman–Crippen MR) is 74.4 cm³/mol.